The first-order valence-corrected chi connectivity index (χ1v) is 10.1. The van der Waals surface area contributed by atoms with Gasteiger partial charge in [-0.25, -0.2) is 9.67 Å². The molecule has 3 heterocycles. The van der Waals surface area contributed by atoms with Gasteiger partial charge in [-0.2, -0.15) is 5.10 Å². The van der Waals surface area contributed by atoms with E-state index in [0.29, 0.717) is 21.8 Å². The minimum atomic E-state index is -0.338. The van der Waals surface area contributed by atoms with Crippen LogP contribution in [0.5, 0.6) is 0 Å². The van der Waals surface area contributed by atoms with Crippen LogP contribution in [0.4, 0.5) is 5.69 Å². The zero-order valence-electron chi connectivity index (χ0n) is 16.4. The van der Waals surface area contributed by atoms with Crippen molar-refractivity contribution in [2.24, 2.45) is 0 Å². The quantitative estimate of drug-likeness (QED) is 0.699. The molecule has 2 aromatic heterocycles. The maximum atomic E-state index is 12.9. The number of fused-ring (bicyclic) bond motifs is 1. The second-order valence-corrected chi connectivity index (χ2v) is 7.90. The fourth-order valence-electron chi connectivity index (χ4n) is 3.53. The first kappa shape index (κ1) is 19.4. The van der Waals surface area contributed by atoms with Crippen molar-refractivity contribution in [2.75, 3.05) is 18.4 Å². The van der Waals surface area contributed by atoms with E-state index in [2.05, 4.69) is 15.4 Å². The van der Waals surface area contributed by atoms with Crippen LogP contribution in [-0.4, -0.2) is 44.6 Å². The van der Waals surface area contributed by atoms with Crippen LogP contribution in [0, 0.1) is 0 Å². The van der Waals surface area contributed by atoms with E-state index in [9.17, 15) is 9.59 Å². The van der Waals surface area contributed by atoms with Crippen molar-refractivity contribution in [3.05, 3.63) is 52.8 Å². The van der Waals surface area contributed by atoms with E-state index in [1.165, 1.54) is 6.20 Å². The van der Waals surface area contributed by atoms with Gasteiger partial charge < -0.3 is 10.2 Å². The third-order valence-electron chi connectivity index (χ3n) is 5.04. The van der Waals surface area contributed by atoms with Crippen molar-refractivity contribution >= 4 is 40.1 Å². The number of amides is 2. The molecule has 0 unspecified atom stereocenters. The predicted molar refractivity (Wildman–Crippen MR) is 112 cm³/mol. The van der Waals surface area contributed by atoms with Gasteiger partial charge in [0.2, 0.25) is 0 Å². The zero-order valence-corrected chi connectivity index (χ0v) is 17.1. The molecule has 1 fully saturated rings. The van der Waals surface area contributed by atoms with Crippen molar-refractivity contribution in [3.63, 3.8) is 0 Å². The van der Waals surface area contributed by atoms with E-state index < -0.39 is 0 Å². The third kappa shape index (κ3) is 3.82. The molecule has 1 saturated heterocycles. The number of halogens is 1. The summed E-state index contributed by atoms with van der Waals surface area (Å²) in [6, 6.07) is 6.85. The molecule has 0 atom stereocenters. The summed E-state index contributed by atoms with van der Waals surface area (Å²) in [5.74, 6) is -0.457. The normalized spacial score (nSPS) is 14.0. The summed E-state index contributed by atoms with van der Waals surface area (Å²) in [4.78, 5) is 31.9. The van der Waals surface area contributed by atoms with Crippen LogP contribution in [0.3, 0.4) is 0 Å². The average Bonchev–Trinajstić information content (AvgIpc) is 3.38. The smallest absolute Gasteiger partial charge is 0.257 e. The topological polar surface area (TPSA) is 80.1 Å². The molecule has 1 aromatic carbocycles. The van der Waals surface area contributed by atoms with Gasteiger partial charge in [-0.15, -0.1) is 0 Å². The Morgan fingerprint density at radius 3 is 2.62 bits per heavy atom. The number of pyridine rings is 1. The number of rotatable bonds is 4. The van der Waals surface area contributed by atoms with E-state index in [4.69, 9.17) is 11.6 Å². The van der Waals surface area contributed by atoms with Gasteiger partial charge in [0.25, 0.3) is 11.8 Å². The number of carbonyl (C=O) groups excluding carboxylic acids is 2. The van der Waals surface area contributed by atoms with E-state index >= 15 is 0 Å². The Kier molecular flexibility index (Phi) is 5.24. The molecular formula is C21H22ClN5O2. The van der Waals surface area contributed by atoms with Crippen LogP contribution >= 0.6 is 11.6 Å². The minimum Gasteiger partial charge on any atom is -0.339 e. The maximum Gasteiger partial charge on any atom is 0.257 e. The first-order valence-electron chi connectivity index (χ1n) is 9.67. The molecule has 1 aliphatic rings. The summed E-state index contributed by atoms with van der Waals surface area (Å²) in [5.41, 5.74) is 1.96. The van der Waals surface area contributed by atoms with Gasteiger partial charge in [0.1, 0.15) is 0 Å². The molecule has 0 spiro atoms. The average molecular weight is 412 g/mol. The van der Waals surface area contributed by atoms with Gasteiger partial charge >= 0.3 is 0 Å². The number of nitrogens with zero attached hydrogens (tertiary/aromatic N) is 4. The highest BCUT2D eigenvalue weighted by atomic mass is 35.5. The molecule has 0 radical (unpaired) electrons. The Morgan fingerprint density at radius 2 is 1.90 bits per heavy atom. The summed E-state index contributed by atoms with van der Waals surface area (Å²) >= 11 is 6.11. The molecule has 150 valence electrons. The predicted octanol–water partition coefficient (Wildman–Crippen LogP) is 4.15. The summed E-state index contributed by atoms with van der Waals surface area (Å²) in [6.07, 6.45) is 5.20. The highest BCUT2D eigenvalue weighted by Crippen LogP contribution is 2.25. The summed E-state index contributed by atoms with van der Waals surface area (Å²) in [6.45, 7) is 5.49. The van der Waals surface area contributed by atoms with Gasteiger partial charge in [-0.05, 0) is 51.0 Å². The fourth-order valence-corrected chi connectivity index (χ4v) is 3.70. The highest BCUT2D eigenvalue weighted by Gasteiger charge is 2.23. The molecule has 2 amide bonds. The van der Waals surface area contributed by atoms with Gasteiger partial charge in [0.15, 0.2) is 5.65 Å². The third-order valence-corrected chi connectivity index (χ3v) is 5.27. The van der Waals surface area contributed by atoms with Crippen molar-refractivity contribution in [2.45, 2.75) is 32.7 Å². The summed E-state index contributed by atoms with van der Waals surface area (Å²) < 4.78 is 1.81. The lowest BCUT2D eigenvalue weighted by molar-refractivity contribution is 0.0794. The molecule has 29 heavy (non-hydrogen) atoms. The molecule has 8 heteroatoms. The lowest BCUT2D eigenvalue weighted by Crippen LogP contribution is -2.29. The Balaban J connectivity index is 1.61. The van der Waals surface area contributed by atoms with Crippen molar-refractivity contribution < 1.29 is 9.59 Å². The zero-order chi connectivity index (χ0) is 20.5. The van der Waals surface area contributed by atoms with Crippen LogP contribution in [0.15, 0.2) is 36.7 Å². The van der Waals surface area contributed by atoms with E-state index in [-0.39, 0.29) is 17.9 Å². The lowest BCUT2D eigenvalue weighted by Gasteiger charge is -2.18. The SMILES string of the molecule is CC(C)n1ncc2cc(C(=O)Nc3ccc(Cl)cc3C(=O)N3CCCC3)cnc21. The molecule has 1 aliphatic heterocycles. The molecular weight excluding hydrogens is 390 g/mol. The minimum absolute atomic E-state index is 0.118. The number of hydrogen-bond donors (Lipinski definition) is 1. The second-order valence-electron chi connectivity index (χ2n) is 7.46. The molecule has 0 bridgehead atoms. The standard InChI is InChI=1S/C21H22ClN5O2/c1-13(2)27-19-14(12-24-27)9-15(11-23-19)20(28)25-18-6-5-16(22)10-17(18)21(29)26-7-3-4-8-26/h5-6,9-13H,3-4,7-8H2,1-2H3,(H,25,28). The van der Waals surface area contributed by atoms with Gasteiger partial charge in [0.05, 0.1) is 23.0 Å². The fraction of sp³-hybridized carbons (Fsp3) is 0.333. The van der Waals surface area contributed by atoms with Crippen molar-refractivity contribution in [1.82, 2.24) is 19.7 Å². The maximum absolute atomic E-state index is 12.9. The van der Waals surface area contributed by atoms with Gasteiger partial charge in [-0.3, -0.25) is 9.59 Å². The number of anilines is 1. The Morgan fingerprint density at radius 1 is 1.14 bits per heavy atom. The van der Waals surface area contributed by atoms with Crippen LogP contribution in [0.1, 0.15) is 53.4 Å². The van der Waals surface area contributed by atoms with Crippen LogP contribution in [0.25, 0.3) is 11.0 Å². The van der Waals surface area contributed by atoms with Crippen molar-refractivity contribution in [1.29, 1.82) is 0 Å². The number of nitrogens with one attached hydrogen (secondary N) is 1. The molecule has 7 nitrogen and oxygen atoms in total. The summed E-state index contributed by atoms with van der Waals surface area (Å²) in [5, 5.41) is 8.41. The number of likely N-dealkylation sites (tertiary alicyclic amines) is 1. The van der Waals surface area contributed by atoms with E-state index in [0.717, 1.165) is 37.0 Å². The van der Waals surface area contributed by atoms with E-state index in [1.54, 1.807) is 35.4 Å². The Hall–Kier alpha value is -2.93. The van der Waals surface area contributed by atoms with Gasteiger partial charge in [0, 0.05) is 35.7 Å². The van der Waals surface area contributed by atoms with Crippen LogP contribution in [0.2, 0.25) is 5.02 Å². The van der Waals surface area contributed by atoms with Crippen molar-refractivity contribution in [3.8, 4) is 0 Å². The largest absolute Gasteiger partial charge is 0.339 e. The second kappa shape index (κ2) is 7.83. The highest BCUT2D eigenvalue weighted by molar-refractivity contribution is 6.31. The number of hydrogen-bond acceptors (Lipinski definition) is 4. The van der Waals surface area contributed by atoms with Crippen LogP contribution in [-0.2, 0) is 0 Å². The van der Waals surface area contributed by atoms with Gasteiger partial charge in [-0.1, -0.05) is 11.6 Å². The van der Waals surface area contributed by atoms with Crippen LogP contribution < -0.4 is 5.32 Å². The summed E-state index contributed by atoms with van der Waals surface area (Å²) in [7, 11) is 0. The Labute approximate surface area is 173 Å². The number of aromatic nitrogens is 3. The molecule has 3 aromatic rings. The molecule has 4 rings (SSSR count). The Bertz CT molecular complexity index is 1090. The number of benzene rings is 1. The number of carbonyl (C=O) groups is 2. The first-order chi connectivity index (χ1) is 13.9. The van der Waals surface area contributed by atoms with E-state index in [1.807, 2.05) is 18.5 Å². The lowest BCUT2D eigenvalue weighted by atomic mass is 10.1. The molecule has 0 aliphatic carbocycles. The monoisotopic (exact) mass is 411 g/mol. The molecule has 1 N–H and O–H groups in total. The molecule has 0 saturated carbocycles.